The first-order valence-electron chi connectivity index (χ1n) is 14.0. The molecule has 4 aromatic carbocycles. The third-order valence-corrected chi connectivity index (χ3v) is 8.36. The van der Waals surface area contributed by atoms with E-state index in [1.807, 2.05) is 67.1 Å². The Kier molecular flexibility index (Phi) is 8.73. The standard InChI is InChI=1S/C34H30N4O6S/c1-20-5-9-24(10-6-20)31-32(25-11-7-21(2)8-12-25)37-30-19-26(13-18-29(30)36-31)34(41)44-22(3)33(40)35-27-14-16-28(17-15-27)45(42,43)38-23(4)39/h5-19,22H,1-4H3,(H,35,40)(H,38,39). The van der Waals surface area contributed by atoms with E-state index in [-0.39, 0.29) is 16.1 Å². The summed E-state index contributed by atoms with van der Waals surface area (Å²) in [6.45, 7) is 6.54. The van der Waals surface area contributed by atoms with Crippen LogP contribution in [0.2, 0.25) is 0 Å². The van der Waals surface area contributed by atoms with Crippen LogP contribution in [0.4, 0.5) is 5.69 Å². The Labute approximate surface area is 260 Å². The van der Waals surface area contributed by atoms with Crippen molar-refractivity contribution in [3.05, 3.63) is 108 Å². The van der Waals surface area contributed by atoms with Crippen LogP contribution in [0, 0.1) is 13.8 Å². The highest BCUT2D eigenvalue weighted by Gasteiger charge is 2.21. The third-order valence-electron chi connectivity index (χ3n) is 6.91. The molecule has 45 heavy (non-hydrogen) atoms. The number of anilines is 1. The number of hydrogen-bond acceptors (Lipinski definition) is 8. The fourth-order valence-corrected chi connectivity index (χ4v) is 5.49. The number of nitrogens with zero attached hydrogens (tertiary/aromatic N) is 2. The molecule has 1 aromatic heterocycles. The number of aromatic nitrogens is 2. The molecule has 0 saturated heterocycles. The number of aryl methyl sites for hydroxylation is 2. The lowest BCUT2D eigenvalue weighted by molar-refractivity contribution is -0.123. The van der Waals surface area contributed by atoms with Crippen molar-refractivity contribution >= 4 is 44.5 Å². The molecule has 1 atom stereocenters. The Hall–Kier alpha value is -5.42. The van der Waals surface area contributed by atoms with E-state index in [1.165, 1.54) is 31.2 Å². The van der Waals surface area contributed by atoms with E-state index in [1.54, 1.807) is 18.2 Å². The largest absolute Gasteiger partial charge is 0.449 e. The number of sulfonamides is 1. The highest BCUT2D eigenvalue weighted by molar-refractivity contribution is 7.90. The molecule has 5 aromatic rings. The summed E-state index contributed by atoms with van der Waals surface area (Å²) in [6.07, 6.45) is -1.17. The molecule has 2 N–H and O–H groups in total. The van der Waals surface area contributed by atoms with E-state index in [4.69, 9.17) is 14.7 Å². The SMILES string of the molecule is CC(=O)NS(=O)(=O)c1ccc(NC(=O)C(C)OC(=O)c2ccc3nc(-c4ccc(C)cc4)c(-c4ccc(C)cc4)nc3c2)cc1. The molecule has 11 heteroatoms. The monoisotopic (exact) mass is 622 g/mol. The van der Waals surface area contributed by atoms with Crippen LogP contribution < -0.4 is 10.0 Å². The van der Waals surface area contributed by atoms with Gasteiger partial charge in [0.15, 0.2) is 6.10 Å². The quantitative estimate of drug-likeness (QED) is 0.213. The fraction of sp³-hybridized carbons (Fsp3) is 0.147. The molecule has 5 rings (SSSR count). The van der Waals surface area contributed by atoms with Crippen LogP contribution in [-0.2, 0) is 24.3 Å². The average Bonchev–Trinajstić information content (AvgIpc) is 3.00. The van der Waals surface area contributed by atoms with Crippen molar-refractivity contribution in [1.82, 2.24) is 14.7 Å². The molecular weight excluding hydrogens is 592 g/mol. The zero-order chi connectivity index (χ0) is 32.3. The van der Waals surface area contributed by atoms with Gasteiger partial charge in [-0.2, -0.15) is 0 Å². The molecule has 2 amide bonds. The van der Waals surface area contributed by atoms with Crippen molar-refractivity contribution in [2.45, 2.75) is 38.7 Å². The van der Waals surface area contributed by atoms with Gasteiger partial charge in [-0.05, 0) is 63.2 Å². The van der Waals surface area contributed by atoms with Crippen LogP contribution in [0.3, 0.4) is 0 Å². The second-order valence-corrected chi connectivity index (χ2v) is 12.3. The summed E-state index contributed by atoms with van der Waals surface area (Å²) < 4.78 is 31.6. The molecular formula is C34H30N4O6S. The molecule has 0 saturated carbocycles. The van der Waals surface area contributed by atoms with E-state index in [2.05, 4.69) is 5.32 Å². The van der Waals surface area contributed by atoms with E-state index in [0.29, 0.717) is 22.4 Å². The normalized spacial score (nSPS) is 11.9. The fourth-order valence-electron chi connectivity index (χ4n) is 4.50. The highest BCUT2D eigenvalue weighted by atomic mass is 32.2. The summed E-state index contributed by atoms with van der Waals surface area (Å²) in [6, 6.07) is 26.1. The number of carbonyl (C=O) groups is 3. The van der Waals surface area contributed by atoms with Gasteiger partial charge in [0.25, 0.3) is 15.9 Å². The van der Waals surface area contributed by atoms with Crippen molar-refractivity contribution in [3.63, 3.8) is 0 Å². The maximum Gasteiger partial charge on any atom is 0.338 e. The van der Waals surface area contributed by atoms with Gasteiger partial charge >= 0.3 is 5.97 Å². The first-order valence-corrected chi connectivity index (χ1v) is 15.5. The lowest BCUT2D eigenvalue weighted by Gasteiger charge is -2.15. The zero-order valence-corrected chi connectivity index (χ0v) is 25.8. The minimum Gasteiger partial charge on any atom is -0.449 e. The van der Waals surface area contributed by atoms with Crippen LogP contribution >= 0.6 is 0 Å². The van der Waals surface area contributed by atoms with Crippen LogP contribution in [0.25, 0.3) is 33.5 Å². The van der Waals surface area contributed by atoms with Crippen LogP contribution in [0.15, 0.2) is 95.9 Å². The number of ether oxygens (including phenoxy) is 1. The first-order chi connectivity index (χ1) is 21.4. The van der Waals surface area contributed by atoms with Gasteiger partial charge in [-0.25, -0.2) is 27.9 Å². The van der Waals surface area contributed by atoms with Gasteiger partial charge in [-0.1, -0.05) is 59.7 Å². The summed E-state index contributed by atoms with van der Waals surface area (Å²) in [4.78, 5) is 46.6. The number of benzene rings is 4. The number of hydrogen-bond donors (Lipinski definition) is 2. The van der Waals surface area contributed by atoms with Crippen molar-refractivity contribution in [1.29, 1.82) is 0 Å². The number of fused-ring (bicyclic) bond motifs is 1. The molecule has 0 aliphatic rings. The summed E-state index contributed by atoms with van der Waals surface area (Å²) in [5, 5.41) is 2.58. The first kappa shape index (κ1) is 31.0. The average molecular weight is 623 g/mol. The van der Waals surface area contributed by atoms with Crippen molar-refractivity contribution < 1.29 is 27.5 Å². The Bertz CT molecular complexity index is 2030. The number of nitrogens with one attached hydrogen (secondary N) is 2. The van der Waals surface area contributed by atoms with Gasteiger partial charge in [0, 0.05) is 23.7 Å². The number of rotatable bonds is 8. The third kappa shape index (κ3) is 7.22. The maximum absolute atomic E-state index is 13.1. The van der Waals surface area contributed by atoms with Gasteiger partial charge in [-0.15, -0.1) is 0 Å². The van der Waals surface area contributed by atoms with Crippen molar-refractivity contribution in [2.24, 2.45) is 0 Å². The molecule has 0 radical (unpaired) electrons. The van der Waals surface area contributed by atoms with Crippen molar-refractivity contribution in [2.75, 3.05) is 5.32 Å². The lowest BCUT2D eigenvalue weighted by atomic mass is 10.0. The molecule has 0 bridgehead atoms. The maximum atomic E-state index is 13.1. The van der Waals surface area contributed by atoms with E-state index < -0.39 is 33.9 Å². The van der Waals surface area contributed by atoms with Gasteiger partial charge in [0.1, 0.15) is 0 Å². The van der Waals surface area contributed by atoms with E-state index in [9.17, 15) is 22.8 Å². The molecule has 0 aliphatic carbocycles. The second kappa shape index (κ2) is 12.7. The molecule has 0 spiro atoms. The molecule has 0 aliphatic heterocycles. The summed E-state index contributed by atoms with van der Waals surface area (Å²) in [5.74, 6) is -2.07. The minimum atomic E-state index is -4.01. The number of esters is 1. The van der Waals surface area contributed by atoms with Gasteiger partial charge in [0.05, 0.1) is 32.9 Å². The lowest BCUT2D eigenvalue weighted by Crippen LogP contribution is -2.30. The Morgan fingerprint density at radius 3 is 1.80 bits per heavy atom. The van der Waals surface area contributed by atoms with Gasteiger partial charge in [0.2, 0.25) is 5.91 Å². The highest BCUT2D eigenvalue weighted by Crippen LogP contribution is 2.32. The summed E-state index contributed by atoms with van der Waals surface area (Å²) in [7, 11) is -4.01. The van der Waals surface area contributed by atoms with Crippen LogP contribution in [0.5, 0.6) is 0 Å². The second-order valence-electron chi connectivity index (χ2n) is 10.6. The van der Waals surface area contributed by atoms with Gasteiger partial charge < -0.3 is 10.1 Å². The predicted molar refractivity (Wildman–Crippen MR) is 171 cm³/mol. The predicted octanol–water partition coefficient (Wildman–Crippen LogP) is 5.59. The molecule has 10 nitrogen and oxygen atoms in total. The number of carbonyl (C=O) groups excluding carboxylic acids is 3. The van der Waals surface area contributed by atoms with E-state index >= 15 is 0 Å². The van der Waals surface area contributed by atoms with Crippen molar-refractivity contribution in [3.8, 4) is 22.5 Å². The topological polar surface area (TPSA) is 144 Å². The number of amides is 2. The smallest absolute Gasteiger partial charge is 0.338 e. The van der Waals surface area contributed by atoms with E-state index in [0.717, 1.165) is 29.2 Å². The molecule has 228 valence electrons. The summed E-state index contributed by atoms with van der Waals surface area (Å²) >= 11 is 0. The molecule has 1 heterocycles. The zero-order valence-electron chi connectivity index (χ0n) is 25.0. The Balaban J connectivity index is 1.35. The summed E-state index contributed by atoms with van der Waals surface area (Å²) in [5.41, 5.74) is 6.97. The molecule has 1 unspecified atom stereocenters. The van der Waals surface area contributed by atoms with Crippen LogP contribution in [0.1, 0.15) is 35.3 Å². The van der Waals surface area contributed by atoms with Gasteiger partial charge in [-0.3, -0.25) is 9.59 Å². The Morgan fingerprint density at radius 2 is 1.27 bits per heavy atom. The molecule has 0 fully saturated rings. The van der Waals surface area contributed by atoms with Crippen LogP contribution in [-0.4, -0.2) is 42.3 Å². The Morgan fingerprint density at radius 1 is 0.733 bits per heavy atom. The minimum absolute atomic E-state index is 0.147.